The third-order valence-corrected chi connectivity index (χ3v) is 3.85. The lowest BCUT2D eigenvalue weighted by Crippen LogP contribution is -2.51. The molecule has 1 atom stereocenters. The molecule has 5 heteroatoms. The van der Waals surface area contributed by atoms with Crippen LogP contribution in [0.5, 0.6) is 0 Å². The van der Waals surface area contributed by atoms with E-state index in [0.29, 0.717) is 0 Å². The van der Waals surface area contributed by atoms with Gasteiger partial charge in [0.2, 0.25) is 0 Å². The minimum Gasteiger partial charge on any atom is -0.355 e. The number of amides is 2. The number of nitrogens with zero attached hydrogens (tertiary/aromatic N) is 4. The van der Waals surface area contributed by atoms with Gasteiger partial charge in [-0.15, -0.1) is 0 Å². The maximum absolute atomic E-state index is 12.0. The van der Waals surface area contributed by atoms with Gasteiger partial charge in [-0.25, -0.2) is 9.78 Å². The maximum Gasteiger partial charge on any atom is 0.319 e. The summed E-state index contributed by atoms with van der Waals surface area (Å²) < 4.78 is 0. The van der Waals surface area contributed by atoms with Gasteiger partial charge in [0.15, 0.2) is 0 Å². The van der Waals surface area contributed by atoms with E-state index in [1.165, 1.54) is 5.56 Å². The van der Waals surface area contributed by atoms with Crippen LogP contribution in [-0.4, -0.2) is 61.1 Å². The number of carbonyl (C=O) groups excluding carboxylic acids is 1. The molecule has 0 saturated carbocycles. The Morgan fingerprint density at radius 3 is 2.70 bits per heavy atom. The Balaban J connectivity index is 2.05. The number of pyridine rings is 1. The molecule has 0 bridgehead atoms. The van der Waals surface area contributed by atoms with Crippen molar-refractivity contribution >= 4 is 11.8 Å². The van der Waals surface area contributed by atoms with Crippen LogP contribution in [0.4, 0.5) is 10.6 Å². The van der Waals surface area contributed by atoms with E-state index in [0.717, 1.165) is 31.7 Å². The number of anilines is 1. The molecule has 1 unspecified atom stereocenters. The van der Waals surface area contributed by atoms with Crippen molar-refractivity contribution in [3.63, 3.8) is 0 Å². The van der Waals surface area contributed by atoms with Crippen LogP contribution in [0, 0.1) is 6.92 Å². The first-order valence-corrected chi connectivity index (χ1v) is 7.10. The SMILES string of the molecule is Cc1ccc(N2CCCC(N(C)C(=O)N(C)C)C2)nc1. The number of aromatic nitrogens is 1. The molecular weight excluding hydrogens is 252 g/mol. The summed E-state index contributed by atoms with van der Waals surface area (Å²) >= 11 is 0. The molecule has 1 aromatic rings. The van der Waals surface area contributed by atoms with Gasteiger partial charge in [-0.05, 0) is 31.4 Å². The summed E-state index contributed by atoms with van der Waals surface area (Å²) in [7, 11) is 5.47. The average Bonchev–Trinajstić information content (AvgIpc) is 2.46. The molecule has 20 heavy (non-hydrogen) atoms. The highest BCUT2D eigenvalue weighted by Gasteiger charge is 2.27. The summed E-state index contributed by atoms with van der Waals surface area (Å²) in [6, 6.07) is 4.46. The molecule has 1 aliphatic rings. The second kappa shape index (κ2) is 6.11. The van der Waals surface area contributed by atoms with E-state index in [1.54, 1.807) is 19.0 Å². The molecule has 0 radical (unpaired) electrons. The van der Waals surface area contributed by atoms with Gasteiger partial charge in [-0.1, -0.05) is 6.07 Å². The molecule has 0 spiro atoms. The van der Waals surface area contributed by atoms with Crippen molar-refractivity contribution in [3.8, 4) is 0 Å². The van der Waals surface area contributed by atoms with E-state index in [9.17, 15) is 4.79 Å². The van der Waals surface area contributed by atoms with Crippen LogP contribution in [0.15, 0.2) is 18.3 Å². The third-order valence-electron chi connectivity index (χ3n) is 3.85. The first-order chi connectivity index (χ1) is 9.49. The number of aryl methyl sites for hydroxylation is 1. The van der Waals surface area contributed by atoms with Gasteiger partial charge in [0.1, 0.15) is 5.82 Å². The van der Waals surface area contributed by atoms with E-state index < -0.39 is 0 Å². The number of hydrogen-bond acceptors (Lipinski definition) is 3. The topological polar surface area (TPSA) is 39.7 Å². The molecule has 1 fully saturated rings. The van der Waals surface area contributed by atoms with Crippen molar-refractivity contribution in [1.82, 2.24) is 14.8 Å². The Bertz CT molecular complexity index is 457. The number of piperidine rings is 1. The van der Waals surface area contributed by atoms with Gasteiger partial charge in [-0.2, -0.15) is 0 Å². The smallest absolute Gasteiger partial charge is 0.319 e. The number of urea groups is 1. The average molecular weight is 276 g/mol. The second-order valence-corrected chi connectivity index (χ2v) is 5.72. The predicted molar refractivity (Wildman–Crippen MR) is 81.1 cm³/mol. The number of likely N-dealkylation sites (N-methyl/N-ethyl adjacent to an activating group) is 1. The normalized spacial score (nSPS) is 18.8. The lowest BCUT2D eigenvalue weighted by molar-refractivity contribution is 0.157. The lowest BCUT2D eigenvalue weighted by atomic mass is 10.0. The molecule has 5 nitrogen and oxygen atoms in total. The van der Waals surface area contributed by atoms with Crippen LogP contribution >= 0.6 is 0 Å². The van der Waals surface area contributed by atoms with Crippen LogP contribution in [-0.2, 0) is 0 Å². The van der Waals surface area contributed by atoms with Crippen molar-refractivity contribution in [2.45, 2.75) is 25.8 Å². The van der Waals surface area contributed by atoms with Gasteiger partial charge in [0.05, 0.1) is 6.04 Å². The highest BCUT2D eigenvalue weighted by molar-refractivity contribution is 5.74. The van der Waals surface area contributed by atoms with Crippen molar-refractivity contribution < 1.29 is 4.79 Å². The van der Waals surface area contributed by atoms with Crippen molar-refractivity contribution in [3.05, 3.63) is 23.9 Å². The Morgan fingerprint density at radius 2 is 2.10 bits per heavy atom. The van der Waals surface area contributed by atoms with Gasteiger partial charge in [0, 0.05) is 40.4 Å². The van der Waals surface area contributed by atoms with Crippen LogP contribution in [0.25, 0.3) is 0 Å². The molecule has 2 rings (SSSR count). The number of carbonyl (C=O) groups is 1. The highest BCUT2D eigenvalue weighted by Crippen LogP contribution is 2.20. The largest absolute Gasteiger partial charge is 0.355 e. The summed E-state index contributed by atoms with van der Waals surface area (Å²) in [6.45, 7) is 3.90. The quantitative estimate of drug-likeness (QED) is 0.829. The number of rotatable bonds is 2. The predicted octanol–water partition coefficient (Wildman–Crippen LogP) is 1.97. The Hall–Kier alpha value is -1.78. The molecule has 1 aromatic heterocycles. The van der Waals surface area contributed by atoms with Crippen molar-refractivity contribution in [2.75, 3.05) is 39.1 Å². The summed E-state index contributed by atoms with van der Waals surface area (Å²) in [4.78, 5) is 22.3. The summed E-state index contributed by atoms with van der Waals surface area (Å²) in [5.74, 6) is 1.01. The Kier molecular flexibility index (Phi) is 4.47. The molecule has 0 aromatic carbocycles. The molecular formula is C15H24N4O. The zero-order valence-electron chi connectivity index (χ0n) is 12.8. The van der Waals surface area contributed by atoms with E-state index in [4.69, 9.17) is 0 Å². The Labute approximate surface area is 121 Å². The fourth-order valence-corrected chi connectivity index (χ4v) is 2.60. The second-order valence-electron chi connectivity index (χ2n) is 5.72. The van der Waals surface area contributed by atoms with Gasteiger partial charge >= 0.3 is 6.03 Å². The van der Waals surface area contributed by atoms with Crippen LogP contribution in [0.3, 0.4) is 0 Å². The monoisotopic (exact) mass is 276 g/mol. The maximum atomic E-state index is 12.0. The van der Waals surface area contributed by atoms with Gasteiger partial charge in [0.25, 0.3) is 0 Å². The third kappa shape index (κ3) is 3.21. The van der Waals surface area contributed by atoms with E-state index in [-0.39, 0.29) is 12.1 Å². The summed E-state index contributed by atoms with van der Waals surface area (Å²) in [6.07, 6.45) is 4.04. The summed E-state index contributed by atoms with van der Waals surface area (Å²) in [5, 5.41) is 0. The molecule has 2 heterocycles. The van der Waals surface area contributed by atoms with E-state index >= 15 is 0 Å². The zero-order chi connectivity index (χ0) is 14.7. The van der Waals surface area contributed by atoms with Gasteiger partial charge in [-0.3, -0.25) is 0 Å². The Morgan fingerprint density at radius 1 is 1.35 bits per heavy atom. The highest BCUT2D eigenvalue weighted by atomic mass is 16.2. The first-order valence-electron chi connectivity index (χ1n) is 7.10. The van der Waals surface area contributed by atoms with Crippen molar-refractivity contribution in [1.29, 1.82) is 0 Å². The fraction of sp³-hybridized carbons (Fsp3) is 0.600. The molecule has 0 N–H and O–H groups in total. The van der Waals surface area contributed by atoms with Crippen LogP contribution < -0.4 is 4.90 Å². The minimum absolute atomic E-state index is 0.0636. The van der Waals surface area contributed by atoms with E-state index in [1.807, 2.05) is 25.1 Å². The van der Waals surface area contributed by atoms with Crippen LogP contribution in [0.2, 0.25) is 0 Å². The van der Waals surface area contributed by atoms with Gasteiger partial charge < -0.3 is 14.7 Å². The first kappa shape index (κ1) is 14.6. The van der Waals surface area contributed by atoms with Crippen LogP contribution in [0.1, 0.15) is 18.4 Å². The molecule has 110 valence electrons. The molecule has 0 aliphatic carbocycles. The molecule has 1 aliphatic heterocycles. The minimum atomic E-state index is 0.0636. The molecule has 1 saturated heterocycles. The van der Waals surface area contributed by atoms with Crippen molar-refractivity contribution in [2.24, 2.45) is 0 Å². The fourth-order valence-electron chi connectivity index (χ4n) is 2.60. The van der Waals surface area contributed by atoms with E-state index in [2.05, 4.69) is 22.0 Å². The summed E-state index contributed by atoms with van der Waals surface area (Å²) in [5.41, 5.74) is 1.17. The standard InChI is InChI=1S/C15H24N4O/c1-12-7-8-14(16-10-12)19-9-5-6-13(11-19)18(4)15(20)17(2)3/h7-8,10,13H,5-6,9,11H2,1-4H3. The zero-order valence-corrected chi connectivity index (χ0v) is 12.8. The molecule has 2 amide bonds. The number of hydrogen-bond donors (Lipinski definition) is 0. The lowest BCUT2D eigenvalue weighted by Gasteiger charge is -2.39.